The maximum absolute atomic E-state index is 9.86. The highest BCUT2D eigenvalue weighted by Crippen LogP contribution is 2.29. The highest BCUT2D eigenvalue weighted by Gasteiger charge is 2.23. The number of rotatable bonds is 8. The van der Waals surface area contributed by atoms with Crippen LogP contribution in [0.15, 0.2) is 30.3 Å². The van der Waals surface area contributed by atoms with Gasteiger partial charge in [-0.05, 0) is 31.4 Å². The van der Waals surface area contributed by atoms with E-state index in [-0.39, 0.29) is 0 Å². The van der Waals surface area contributed by atoms with Crippen molar-refractivity contribution in [1.82, 2.24) is 4.90 Å². The molecule has 1 saturated carbocycles. The molecule has 2 rings (SSSR count). The number of nitrogens with zero attached hydrogens (tertiary/aromatic N) is 1. The Morgan fingerprint density at radius 1 is 1.33 bits per heavy atom. The highest BCUT2D eigenvalue weighted by atomic mass is 16.5. The van der Waals surface area contributed by atoms with Gasteiger partial charge in [0, 0.05) is 13.1 Å². The fourth-order valence-electron chi connectivity index (χ4n) is 2.12. The number of aliphatic hydroxyl groups excluding tert-OH is 1. The first kappa shape index (κ1) is 13.5. The summed E-state index contributed by atoms with van der Waals surface area (Å²) in [5, 5.41) is 9.86. The molecule has 1 aliphatic rings. The average Bonchev–Trinajstić information content (AvgIpc) is 3.14. The zero-order chi connectivity index (χ0) is 12.8. The van der Waals surface area contributed by atoms with Gasteiger partial charge in [0.2, 0.25) is 0 Å². The van der Waals surface area contributed by atoms with Gasteiger partial charge in [-0.3, -0.25) is 0 Å². The minimum absolute atomic E-state index is 0.391. The summed E-state index contributed by atoms with van der Waals surface area (Å²) in [7, 11) is 2.07. The van der Waals surface area contributed by atoms with E-state index in [1.165, 1.54) is 12.8 Å². The molecular weight excluding hydrogens is 226 g/mol. The van der Waals surface area contributed by atoms with Crippen LogP contribution < -0.4 is 0 Å². The fraction of sp³-hybridized carbons (Fsp3) is 0.600. The second kappa shape index (κ2) is 6.88. The first-order valence-corrected chi connectivity index (χ1v) is 6.72. The van der Waals surface area contributed by atoms with Crippen molar-refractivity contribution in [1.29, 1.82) is 0 Å². The smallest absolute Gasteiger partial charge is 0.0900 e. The molecule has 1 N–H and O–H groups in total. The lowest BCUT2D eigenvalue weighted by molar-refractivity contribution is 0.0132. The molecule has 1 aromatic rings. The number of hydrogen-bond acceptors (Lipinski definition) is 3. The van der Waals surface area contributed by atoms with Crippen molar-refractivity contribution in [3.05, 3.63) is 35.9 Å². The summed E-state index contributed by atoms with van der Waals surface area (Å²) in [6, 6.07) is 10.1. The summed E-state index contributed by atoms with van der Waals surface area (Å²) in [5.74, 6) is 0.868. The Morgan fingerprint density at radius 2 is 2.06 bits per heavy atom. The van der Waals surface area contributed by atoms with Gasteiger partial charge in [0.15, 0.2) is 0 Å². The Kier molecular flexibility index (Phi) is 5.17. The van der Waals surface area contributed by atoms with Crippen molar-refractivity contribution in [2.45, 2.75) is 25.6 Å². The quantitative estimate of drug-likeness (QED) is 0.764. The van der Waals surface area contributed by atoms with Crippen molar-refractivity contribution in [2.24, 2.45) is 5.92 Å². The average molecular weight is 249 g/mol. The minimum Gasteiger partial charge on any atom is -0.389 e. The lowest BCUT2D eigenvalue weighted by atomic mass is 10.2. The number of aliphatic hydroxyl groups is 1. The zero-order valence-electron chi connectivity index (χ0n) is 11.1. The first-order chi connectivity index (χ1) is 8.74. The Labute approximate surface area is 109 Å². The molecule has 1 aliphatic carbocycles. The Bertz CT molecular complexity index is 338. The van der Waals surface area contributed by atoms with Crippen LogP contribution in [0, 0.1) is 5.92 Å². The Morgan fingerprint density at radius 3 is 2.72 bits per heavy atom. The first-order valence-electron chi connectivity index (χ1n) is 6.72. The fourth-order valence-corrected chi connectivity index (χ4v) is 2.12. The van der Waals surface area contributed by atoms with E-state index < -0.39 is 6.10 Å². The summed E-state index contributed by atoms with van der Waals surface area (Å²) in [5.41, 5.74) is 1.15. The Hall–Kier alpha value is -0.900. The molecule has 1 atom stereocenters. The monoisotopic (exact) mass is 249 g/mol. The number of likely N-dealkylation sites (N-methyl/N-ethyl adjacent to an activating group) is 1. The van der Waals surface area contributed by atoms with Gasteiger partial charge in [0.25, 0.3) is 0 Å². The topological polar surface area (TPSA) is 32.7 Å². The number of benzene rings is 1. The van der Waals surface area contributed by atoms with Gasteiger partial charge in [0.1, 0.15) is 0 Å². The molecule has 0 amide bonds. The van der Waals surface area contributed by atoms with Gasteiger partial charge >= 0.3 is 0 Å². The van der Waals surface area contributed by atoms with E-state index in [4.69, 9.17) is 4.74 Å². The summed E-state index contributed by atoms with van der Waals surface area (Å²) >= 11 is 0. The SMILES string of the molecule is CN(CC(O)COCc1ccccc1)CC1CC1. The second-order valence-corrected chi connectivity index (χ2v) is 5.32. The minimum atomic E-state index is -0.391. The van der Waals surface area contributed by atoms with Gasteiger partial charge in [-0.25, -0.2) is 0 Å². The van der Waals surface area contributed by atoms with Crippen LogP contribution in [0.4, 0.5) is 0 Å². The molecule has 0 radical (unpaired) electrons. The molecule has 1 unspecified atom stereocenters. The molecule has 0 heterocycles. The van der Waals surface area contributed by atoms with E-state index in [2.05, 4.69) is 11.9 Å². The predicted molar refractivity (Wildman–Crippen MR) is 72.3 cm³/mol. The Balaban J connectivity index is 1.57. The molecule has 3 heteroatoms. The van der Waals surface area contributed by atoms with E-state index in [1.54, 1.807) is 0 Å². The molecule has 0 aliphatic heterocycles. The summed E-state index contributed by atoms with van der Waals surface area (Å²) in [4.78, 5) is 2.20. The standard InChI is InChI=1S/C15H23NO2/c1-16(9-13-7-8-13)10-15(17)12-18-11-14-5-3-2-4-6-14/h2-6,13,15,17H,7-12H2,1H3. The molecule has 1 aromatic carbocycles. The molecule has 3 nitrogen and oxygen atoms in total. The maximum atomic E-state index is 9.86. The van der Waals surface area contributed by atoms with Gasteiger partial charge in [0.05, 0.1) is 19.3 Å². The van der Waals surface area contributed by atoms with Crippen LogP contribution >= 0.6 is 0 Å². The lowest BCUT2D eigenvalue weighted by Crippen LogP contribution is -2.33. The molecule has 0 spiro atoms. The summed E-state index contributed by atoms with van der Waals surface area (Å²) in [6.07, 6.45) is 2.31. The third kappa shape index (κ3) is 5.17. The van der Waals surface area contributed by atoms with Crippen LogP contribution in [-0.2, 0) is 11.3 Å². The maximum Gasteiger partial charge on any atom is 0.0900 e. The van der Waals surface area contributed by atoms with Crippen molar-refractivity contribution < 1.29 is 9.84 Å². The molecule has 0 saturated heterocycles. The van der Waals surface area contributed by atoms with Crippen LogP contribution in [0.5, 0.6) is 0 Å². The molecule has 18 heavy (non-hydrogen) atoms. The second-order valence-electron chi connectivity index (χ2n) is 5.32. The van der Waals surface area contributed by atoms with Gasteiger partial charge in [-0.1, -0.05) is 30.3 Å². The summed E-state index contributed by atoms with van der Waals surface area (Å²) < 4.78 is 5.53. The van der Waals surface area contributed by atoms with E-state index >= 15 is 0 Å². The van der Waals surface area contributed by atoms with Crippen LogP contribution in [-0.4, -0.2) is 42.9 Å². The van der Waals surface area contributed by atoms with Crippen molar-refractivity contribution >= 4 is 0 Å². The third-order valence-electron chi connectivity index (χ3n) is 3.21. The predicted octanol–water partition coefficient (Wildman–Crippen LogP) is 1.91. The van der Waals surface area contributed by atoms with Crippen LogP contribution in [0.1, 0.15) is 18.4 Å². The summed E-state index contributed by atoms with van der Waals surface area (Å²) in [6.45, 7) is 2.79. The molecule has 1 fully saturated rings. The van der Waals surface area contributed by atoms with E-state index in [0.29, 0.717) is 19.8 Å². The molecule has 100 valence electrons. The number of ether oxygens (including phenoxy) is 1. The van der Waals surface area contributed by atoms with Crippen LogP contribution in [0.3, 0.4) is 0 Å². The lowest BCUT2D eigenvalue weighted by Gasteiger charge is -2.20. The van der Waals surface area contributed by atoms with Gasteiger partial charge < -0.3 is 14.7 Å². The van der Waals surface area contributed by atoms with E-state index in [9.17, 15) is 5.11 Å². The highest BCUT2D eigenvalue weighted by molar-refractivity contribution is 5.13. The van der Waals surface area contributed by atoms with Crippen molar-refractivity contribution in [3.63, 3.8) is 0 Å². The van der Waals surface area contributed by atoms with E-state index in [1.807, 2.05) is 30.3 Å². The van der Waals surface area contributed by atoms with Crippen molar-refractivity contribution in [3.8, 4) is 0 Å². The van der Waals surface area contributed by atoms with Gasteiger partial charge in [-0.2, -0.15) is 0 Å². The van der Waals surface area contributed by atoms with Gasteiger partial charge in [-0.15, -0.1) is 0 Å². The van der Waals surface area contributed by atoms with Crippen LogP contribution in [0.2, 0.25) is 0 Å². The molecular formula is C15H23NO2. The molecule has 0 bridgehead atoms. The number of hydrogen-bond donors (Lipinski definition) is 1. The van der Waals surface area contributed by atoms with Crippen LogP contribution in [0.25, 0.3) is 0 Å². The zero-order valence-corrected chi connectivity index (χ0v) is 11.1. The third-order valence-corrected chi connectivity index (χ3v) is 3.21. The largest absolute Gasteiger partial charge is 0.389 e. The van der Waals surface area contributed by atoms with E-state index in [0.717, 1.165) is 18.0 Å². The van der Waals surface area contributed by atoms with Crippen molar-refractivity contribution in [2.75, 3.05) is 26.7 Å². The molecule has 0 aromatic heterocycles. The normalized spacial score (nSPS) is 17.1.